The van der Waals surface area contributed by atoms with Gasteiger partial charge in [0, 0.05) is 13.1 Å². The van der Waals surface area contributed by atoms with E-state index in [4.69, 9.17) is 23.2 Å². The molecular formula is C30H35Cl2N3O4S. The van der Waals surface area contributed by atoms with Gasteiger partial charge in [-0.1, -0.05) is 80.4 Å². The molecule has 1 N–H and O–H groups in total. The number of anilines is 1. The van der Waals surface area contributed by atoms with Crippen molar-refractivity contribution in [3.05, 3.63) is 94.0 Å². The van der Waals surface area contributed by atoms with Gasteiger partial charge in [0.25, 0.3) is 10.0 Å². The molecule has 3 aromatic carbocycles. The van der Waals surface area contributed by atoms with Gasteiger partial charge in [0.2, 0.25) is 11.8 Å². The summed E-state index contributed by atoms with van der Waals surface area (Å²) in [6.45, 7) is 7.62. The van der Waals surface area contributed by atoms with Crippen molar-refractivity contribution in [2.24, 2.45) is 0 Å². The zero-order valence-electron chi connectivity index (χ0n) is 23.1. The Morgan fingerprint density at radius 2 is 1.55 bits per heavy atom. The van der Waals surface area contributed by atoms with Gasteiger partial charge in [-0.15, -0.1) is 0 Å². The smallest absolute Gasteiger partial charge is 0.264 e. The fraction of sp³-hybridized carbons (Fsp3) is 0.333. The van der Waals surface area contributed by atoms with Crippen LogP contribution in [0.3, 0.4) is 0 Å². The number of rotatable bonds is 12. The fourth-order valence-corrected chi connectivity index (χ4v) is 6.08. The minimum atomic E-state index is -4.12. The highest BCUT2D eigenvalue weighted by Crippen LogP contribution is 2.28. The third-order valence-electron chi connectivity index (χ3n) is 6.53. The van der Waals surface area contributed by atoms with Crippen LogP contribution in [-0.2, 0) is 26.2 Å². The molecule has 0 unspecified atom stereocenters. The van der Waals surface area contributed by atoms with Crippen molar-refractivity contribution in [3.63, 3.8) is 0 Å². The molecule has 0 heterocycles. The van der Waals surface area contributed by atoms with Crippen molar-refractivity contribution < 1.29 is 18.0 Å². The molecule has 3 rings (SSSR count). The average molecular weight is 605 g/mol. The number of hydrogen-bond acceptors (Lipinski definition) is 4. The number of benzene rings is 3. The summed E-state index contributed by atoms with van der Waals surface area (Å²) in [5, 5.41) is 3.46. The first kappa shape index (κ1) is 31.5. The van der Waals surface area contributed by atoms with Crippen LogP contribution in [-0.4, -0.2) is 44.3 Å². The Morgan fingerprint density at radius 3 is 2.10 bits per heavy atom. The molecule has 0 saturated carbocycles. The molecule has 1 atom stereocenters. The summed E-state index contributed by atoms with van der Waals surface area (Å²) in [6.07, 6.45) is 0.327. The van der Waals surface area contributed by atoms with E-state index in [-0.39, 0.29) is 23.3 Å². The maximum atomic E-state index is 14.0. The van der Waals surface area contributed by atoms with Crippen LogP contribution >= 0.6 is 23.2 Å². The Hall–Kier alpha value is -3.07. The molecule has 0 radical (unpaired) electrons. The molecule has 214 valence electrons. The summed E-state index contributed by atoms with van der Waals surface area (Å²) in [4.78, 5) is 28.5. The van der Waals surface area contributed by atoms with Crippen LogP contribution in [0.2, 0.25) is 10.0 Å². The first-order valence-electron chi connectivity index (χ1n) is 13.2. The number of carbonyl (C=O) groups is 2. The van der Waals surface area contributed by atoms with Crippen molar-refractivity contribution in [2.45, 2.75) is 57.5 Å². The highest BCUT2D eigenvalue weighted by molar-refractivity contribution is 7.92. The average Bonchev–Trinajstić information content (AvgIpc) is 2.94. The number of amides is 2. The summed E-state index contributed by atoms with van der Waals surface area (Å²) < 4.78 is 28.8. The van der Waals surface area contributed by atoms with E-state index in [9.17, 15) is 18.0 Å². The van der Waals surface area contributed by atoms with E-state index in [2.05, 4.69) is 5.32 Å². The van der Waals surface area contributed by atoms with Crippen molar-refractivity contribution in [1.29, 1.82) is 0 Å². The van der Waals surface area contributed by atoms with Gasteiger partial charge < -0.3 is 10.2 Å². The molecule has 3 aromatic rings. The highest BCUT2D eigenvalue weighted by Gasteiger charge is 2.33. The fourth-order valence-electron chi connectivity index (χ4n) is 4.32. The van der Waals surface area contributed by atoms with E-state index >= 15 is 0 Å². The Labute approximate surface area is 247 Å². The zero-order chi connectivity index (χ0) is 29.4. The predicted molar refractivity (Wildman–Crippen MR) is 161 cm³/mol. The number of carbonyl (C=O) groups excluding carboxylic acids is 2. The van der Waals surface area contributed by atoms with Gasteiger partial charge >= 0.3 is 0 Å². The Morgan fingerprint density at radius 1 is 0.900 bits per heavy atom. The van der Waals surface area contributed by atoms with E-state index in [0.29, 0.717) is 34.3 Å². The lowest BCUT2D eigenvalue weighted by atomic mass is 10.0. The Kier molecular flexibility index (Phi) is 11.0. The van der Waals surface area contributed by atoms with Gasteiger partial charge in [-0.2, -0.15) is 0 Å². The molecule has 0 fully saturated rings. The summed E-state index contributed by atoms with van der Waals surface area (Å²) in [5.74, 6) is -0.604. The van der Waals surface area contributed by atoms with Crippen molar-refractivity contribution in [2.75, 3.05) is 17.4 Å². The summed E-state index contributed by atoms with van der Waals surface area (Å²) in [5.41, 5.74) is 2.04. The lowest BCUT2D eigenvalue weighted by molar-refractivity contribution is -0.140. The van der Waals surface area contributed by atoms with Crippen LogP contribution in [0.15, 0.2) is 77.7 Å². The second-order valence-electron chi connectivity index (χ2n) is 9.66. The first-order valence-corrected chi connectivity index (χ1v) is 15.4. The maximum absolute atomic E-state index is 14.0. The van der Waals surface area contributed by atoms with Crippen molar-refractivity contribution in [1.82, 2.24) is 10.2 Å². The first-order chi connectivity index (χ1) is 19.0. The van der Waals surface area contributed by atoms with Crippen molar-refractivity contribution >= 4 is 50.7 Å². The van der Waals surface area contributed by atoms with Crippen LogP contribution < -0.4 is 9.62 Å². The standard InChI is InChI=1S/C30H35Cl2N3O4S/c1-5-28(30(37)33-6-2)34(19-22-12-17-26(31)27(32)18-22)29(36)20-35(24-15-13-23(14-16-24)21(3)4)40(38,39)25-10-8-7-9-11-25/h7-18,21,28H,5-6,19-20H2,1-4H3,(H,33,37)/t28-/m0/s1. The molecule has 7 nitrogen and oxygen atoms in total. The molecule has 0 spiro atoms. The number of halogens is 2. The van der Waals surface area contributed by atoms with E-state index in [1.54, 1.807) is 62.4 Å². The largest absolute Gasteiger partial charge is 0.355 e. The lowest BCUT2D eigenvalue weighted by Gasteiger charge is -2.33. The summed E-state index contributed by atoms with van der Waals surface area (Å²) in [6, 6.07) is 19.2. The van der Waals surface area contributed by atoms with E-state index in [1.807, 2.05) is 26.0 Å². The number of nitrogens with one attached hydrogen (secondary N) is 1. The number of likely N-dealkylation sites (N-methyl/N-ethyl adjacent to an activating group) is 1. The van der Waals surface area contributed by atoms with E-state index in [1.165, 1.54) is 17.0 Å². The number of hydrogen-bond donors (Lipinski definition) is 1. The quantitative estimate of drug-likeness (QED) is 0.265. The highest BCUT2D eigenvalue weighted by atomic mass is 35.5. The van der Waals surface area contributed by atoms with Crippen molar-refractivity contribution in [3.8, 4) is 0 Å². The minimum Gasteiger partial charge on any atom is -0.355 e. The van der Waals surface area contributed by atoms with Crippen LogP contribution in [0.5, 0.6) is 0 Å². The molecule has 0 saturated heterocycles. The van der Waals surface area contributed by atoms with Gasteiger partial charge in [0.05, 0.1) is 20.6 Å². The Balaban J connectivity index is 2.07. The topological polar surface area (TPSA) is 86.8 Å². The van der Waals surface area contributed by atoms with Gasteiger partial charge in [-0.3, -0.25) is 13.9 Å². The van der Waals surface area contributed by atoms with Crippen LogP contribution in [0.1, 0.15) is 51.2 Å². The molecule has 2 amide bonds. The monoisotopic (exact) mass is 603 g/mol. The van der Waals surface area contributed by atoms with Gasteiger partial charge in [0.1, 0.15) is 12.6 Å². The normalized spacial score (nSPS) is 12.2. The summed E-state index contributed by atoms with van der Waals surface area (Å²) >= 11 is 12.3. The van der Waals surface area contributed by atoms with Gasteiger partial charge in [0.15, 0.2) is 0 Å². The van der Waals surface area contributed by atoms with Crippen LogP contribution in [0.4, 0.5) is 5.69 Å². The molecular weight excluding hydrogens is 569 g/mol. The third kappa shape index (κ3) is 7.56. The molecule has 0 aliphatic heterocycles. The zero-order valence-corrected chi connectivity index (χ0v) is 25.4. The van der Waals surface area contributed by atoms with Gasteiger partial charge in [-0.25, -0.2) is 8.42 Å². The maximum Gasteiger partial charge on any atom is 0.264 e. The molecule has 0 aromatic heterocycles. The second kappa shape index (κ2) is 14.0. The minimum absolute atomic E-state index is 0.0386. The molecule has 0 bridgehead atoms. The molecule has 0 aliphatic rings. The van der Waals surface area contributed by atoms with Gasteiger partial charge in [-0.05, 0) is 66.8 Å². The number of sulfonamides is 1. The summed E-state index contributed by atoms with van der Waals surface area (Å²) in [7, 11) is -4.12. The molecule has 0 aliphatic carbocycles. The molecule has 40 heavy (non-hydrogen) atoms. The van der Waals surface area contributed by atoms with Crippen LogP contribution in [0.25, 0.3) is 0 Å². The van der Waals surface area contributed by atoms with E-state index < -0.39 is 28.5 Å². The SMILES string of the molecule is CCNC(=O)[C@H](CC)N(Cc1ccc(Cl)c(Cl)c1)C(=O)CN(c1ccc(C(C)C)cc1)S(=O)(=O)c1ccccc1. The molecule has 10 heteroatoms. The van der Waals surface area contributed by atoms with E-state index in [0.717, 1.165) is 9.87 Å². The number of nitrogens with zero attached hydrogens (tertiary/aromatic N) is 2. The Bertz CT molecular complexity index is 1410. The predicted octanol–water partition coefficient (Wildman–Crippen LogP) is 6.26. The lowest BCUT2D eigenvalue weighted by Crippen LogP contribution is -2.52. The van der Waals surface area contributed by atoms with Crippen LogP contribution in [0, 0.1) is 0 Å². The second-order valence-corrected chi connectivity index (χ2v) is 12.3. The third-order valence-corrected chi connectivity index (χ3v) is 9.06.